The Morgan fingerprint density at radius 2 is 1.79 bits per heavy atom. The summed E-state index contributed by atoms with van der Waals surface area (Å²) in [6.45, 7) is 11.9. The van der Waals surface area contributed by atoms with Crippen molar-refractivity contribution in [1.82, 2.24) is 0 Å². The lowest BCUT2D eigenvalue weighted by molar-refractivity contribution is -0.162. The minimum Gasteiger partial charge on any atom is -0.481 e. The zero-order chi connectivity index (χ0) is 21.6. The fourth-order valence-electron chi connectivity index (χ4n) is 6.06. The molecular formula is C25H44O4. The van der Waals surface area contributed by atoms with Gasteiger partial charge in [0.25, 0.3) is 0 Å². The summed E-state index contributed by atoms with van der Waals surface area (Å²) in [7, 11) is 0. The molecule has 2 aliphatic rings. The lowest BCUT2D eigenvalue weighted by Gasteiger charge is -2.49. The third kappa shape index (κ3) is 5.98. The first-order chi connectivity index (χ1) is 13.7. The molecule has 7 unspecified atom stereocenters. The van der Waals surface area contributed by atoms with E-state index >= 15 is 0 Å². The Labute approximate surface area is 178 Å². The first-order valence-corrected chi connectivity index (χ1v) is 12.1. The molecule has 0 saturated heterocycles. The van der Waals surface area contributed by atoms with Crippen LogP contribution in [0.2, 0.25) is 0 Å². The van der Waals surface area contributed by atoms with Gasteiger partial charge in [0.05, 0.1) is 18.4 Å². The van der Waals surface area contributed by atoms with E-state index in [1.54, 1.807) is 0 Å². The molecule has 0 radical (unpaired) electrons. The van der Waals surface area contributed by atoms with Crippen LogP contribution in [0.4, 0.5) is 0 Å². The molecule has 168 valence electrons. The SMILES string of the molecule is CCCCCC1C(C)C(COC(=O)C2CCC(C)CC2C(=O)O)CCC1(C)CC. The Hall–Kier alpha value is -1.06. The maximum Gasteiger partial charge on any atom is 0.309 e. The molecular weight excluding hydrogens is 364 g/mol. The Kier molecular flexibility index (Phi) is 9.03. The second-order valence-electron chi connectivity index (χ2n) is 10.4. The predicted molar refractivity (Wildman–Crippen MR) is 117 cm³/mol. The van der Waals surface area contributed by atoms with Crippen LogP contribution in [0.5, 0.6) is 0 Å². The molecule has 0 aromatic heterocycles. The molecule has 2 fully saturated rings. The molecule has 7 atom stereocenters. The molecule has 0 amide bonds. The standard InChI is InChI=1S/C25H44O4/c1-6-8-9-10-22-18(4)19(13-14-25(22,5)7-2)16-29-24(28)20-12-11-17(3)15-21(20)23(26)27/h17-22H,6-16H2,1-5H3,(H,26,27). The molecule has 29 heavy (non-hydrogen) atoms. The van der Waals surface area contributed by atoms with Gasteiger partial charge in [0, 0.05) is 0 Å². The molecule has 2 rings (SSSR count). The minimum absolute atomic E-state index is 0.275. The van der Waals surface area contributed by atoms with Crippen LogP contribution in [-0.4, -0.2) is 23.7 Å². The number of carbonyl (C=O) groups is 2. The molecule has 0 heterocycles. The number of unbranched alkanes of at least 4 members (excludes halogenated alkanes) is 2. The number of carboxylic acid groups (broad SMARTS) is 1. The Morgan fingerprint density at radius 3 is 2.41 bits per heavy atom. The van der Waals surface area contributed by atoms with Crippen molar-refractivity contribution in [3.63, 3.8) is 0 Å². The van der Waals surface area contributed by atoms with Crippen molar-refractivity contribution in [2.45, 2.75) is 98.8 Å². The molecule has 0 spiro atoms. The van der Waals surface area contributed by atoms with Gasteiger partial charge in [0.2, 0.25) is 0 Å². The fraction of sp³-hybridized carbons (Fsp3) is 0.920. The Balaban J connectivity index is 1.96. The highest BCUT2D eigenvalue weighted by atomic mass is 16.5. The smallest absolute Gasteiger partial charge is 0.309 e. The van der Waals surface area contributed by atoms with Gasteiger partial charge in [-0.1, -0.05) is 60.3 Å². The van der Waals surface area contributed by atoms with Crippen LogP contribution in [-0.2, 0) is 14.3 Å². The van der Waals surface area contributed by atoms with Crippen molar-refractivity contribution >= 4 is 11.9 Å². The van der Waals surface area contributed by atoms with Crippen LogP contribution in [0.25, 0.3) is 0 Å². The van der Waals surface area contributed by atoms with Gasteiger partial charge in [-0.05, 0) is 67.6 Å². The molecule has 1 N–H and O–H groups in total. The second-order valence-corrected chi connectivity index (χ2v) is 10.4. The van der Waals surface area contributed by atoms with E-state index in [1.165, 1.54) is 38.5 Å². The first-order valence-electron chi connectivity index (χ1n) is 12.1. The monoisotopic (exact) mass is 408 g/mol. The first kappa shape index (κ1) is 24.2. The van der Waals surface area contributed by atoms with Crippen LogP contribution >= 0.6 is 0 Å². The maximum atomic E-state index is 12.8. The zero-order valence-corrected chi connectivity index (χ0v) is 19.4. The van der Waals surface area contributed by atoms with E-state index in [9.17, 15) is 14.7 Å². The van der Waals surface area contributed by atoms with E-state index in [2.05, 4.69) is 34.6 Å². The summed E-state index contributed by atoms with van der Waals surface area (Å²) in [6, 6.07) is 0. The average Bonchev–Trinajstić information content (AvgIpc) is 2.69. The van der Waals surface area contributed by atoms with E-state index in [0.717, 1.165) is 12.8 Å². The Bertz CT molecular complexity index is 545. The highest BCUT2D eigenvalue weighted by Crippen LogP contribution is 2.51. The molecule has 4 heteroatoms. The number of hydrogen-bond donors (Lipinski definition) is 1. The van der Waals surface area contributed by atoms with E-state index < -0.39 is 17.8 Å². The number of ether oxygens (including phenoxy) is 1. The van der Waals surface area contributed by atoms with Crippen LogP contribution in [0, 0.1) is 40.9 Å². The van der Waals surface area contributed by atoms with Crippen LogP contribution in [0.3, 0.4) is 0 Å². The van der Waals surface area contributed by atoms with E-state index in [-0.39, 0.29) is 5.97 Å². The number of hydrogen-bond acceptors (Lipinski definition) is 3. The topological polar surface area (TPSA) is 63.6 Å². The number of esters is 1. The van der Waals surface area contributed by atoms with Gasteiger partial charge < -0.3 is 9.84 Å². The summed E-state index contributed by atoms with van der Waals surface area (Å²) in [5.41, 5.74) is 0.390. The van der Waals surface area contributed by atoms with Crippen LogP contribution in [0.1, 0.15) is 98.8 Å². The average molecular weight is 409 g/mol. The summed E-state index contributed by atoms with van der Waals surface area (Å²) in [5.74, 6) is -0.185. The van der Waals surface area contributed by atoms with Crippen molar-refractivity contribution in [3.05, 3.63) is 0 Å². The third-order valence-electron chi connectivity index (χ3n) is 8.46. The molecule has 4 nitrogen and oxygen atoms in total. The van der Waals surface area contributed by atoms with Crippen LogP contribution < -0.4 is 0 Å². The van der Waals surface area contributed by atoms with E-state index in [4.69, 9.17) is 4.74 Å². The van der Waals surface area contributed by atoms with Crippen LogP contribution in [0.15, 0.2) is 0 Å². The zero-order valence-electron chi connectivity index (χ0n) is 19.4. The van der Waals surface area contributed by atoms with E-state index in [1.807, 2.05) is 0 Å². The van der Waals surface area contributed by atoms with Crippen molar-refractivity contribution in [3.8, 4) is 0 Å². The van der Waals surface area contributed by atoms with Gasteiger partial charge in [-0.3, -0.25) is 9.59 Å². The minimum atomic E-state index is -0.848. The van der Waals surface area contributed by atoms with Crippen molar-refractivity contribution in [2.75, 3.05) is 6.61 Å². The highest BCUT2D eigenvalue weighted by Gasteiger charge is 2.44. The summed E-state index contributed by atoms with van der Waals surface area (Å²) in [6.07, 6.45) is 10.8. The van der Waals surface area contributed by atoms with Gasteiger partial charge in [0.15, 0.2) is 0 Å². The summed E-state index contributed by atoms with van der Waals surface area (Å²) >= 11 is 0. The van der Waals surface area contributed by atoms with E-state index in [0.29, 0.717) is 48.5 Å². The van der Waals surface area contributed by atoms with Gasteiger partial charge in [-0.25, -0.2) is 0 Å². The number of aliphatic carboxylic acids is 1. The lowest BCUT2D eigenvalue weighted by atomic mass is 9.57. The van der Waals surface area contributed by atoms with Gasteiger partial charge >= 0.3 is 11.9 Å². The summed E-state index contributed by atoms with van der Waals surface area (Å²) in [5, 5.41) is 9.55. The predicted octanol–water partition coefficient (Wildman–Crippen LogP) is 6.33. The fourth-order valence-corrected chi connectivity index (χ4v) is 6.06. The van der Waals surface area contributed by atoms with Gasteiger partial charge in [-0.15, -0.1) is 0 Å². The largest absolute Gasteiger partial charge is 0.481 e. The number of carboxylic acids is 1. The normalized spacial score (nSPS) is 37.8. The summed E-state index contributed by atoms with van der Waals surface area (Å²) < 4.78 is 5.78. The molecule has 2 saturated carbocycles. The second kappa shape index (κ2) is 10.8. The van der Waals surface area contributed by atoms with Gasteiger partial charge in [0.1, 0.15) is 0 Å². The third-order valence-corrected chi connectivity index (χ3v) is 8.46. The van der Waals surface area contributed by atoms with Crippen molar-refractivity contribution in [1.29, 1.82) is 0 Å². The highest BCUT2D eigenvalue weighted by molar-refractivity contribution is 5.81. The lowest BCUT2D eigenvalue weighted by Crippen LogP contribution is -2.42. The molecule has 2 aliphatic carbocycles. The number of rotatable bonds is 9. The van der Waals surface area contributed by atoms with Crippen molar-refractivity contribution < 1.29 is 19.4 Å². The Morgan fingerprint density at radius 1 is 1.07 bits per heavy atom. The summed E-state index contributed by atoms with van der Waals surface area (Å²) in [4.78, 5) is 24.4. The van der Waals surface area contributed by atoms with Gasteiger partial charge in [-0.2, -0.15) is 0 Å². The molecule has 0 aliphatic heterocycles. The quantitative estimate of drug-likeness (QED) is 0.358. The molecule has 0 bridgehead atoms. The van der Waals surface area contributed by atoms with Crippen molar-refractivity contribution in [2.24, 2.45) is 40.9 Å². The number of carbonyl (C=O) groups excluding carboxylic acids is 1. The maximum absolute atomic E-state index is 12.8. The molecule has 0 aromatic carbocycles. The molecule has 0 aromatic rings.